The Hall–Kier alpha value is -1.32. The second-order valence-electron chi connectivity index (χ2n) is 4.33. The van der Waals surface area contributed by atoms with Gasteiger partial charge in [-0.2, -0.15) is 0 Å². The maximum atomic E-state index is 12.2. The lowest BCUT2D eigenvalue weighted by Crippen LogP contribution is -2.40. The van der Waals surface area contributed by atoms with E-state index in [1.54, 1.807) is 19.9 Å². The molecule has 110 valence electrons. The highest BCUT2D eigenvalue weighted by molar-refractivity contribution is 6.02. The number of allylic oxidation sites excluding steroid dienone is 1. The van der Waals surface area contributed by atoms with Crippen LogP contribution in [0.5, 0.6) is 0 Å². The van der Waals surface area contributed by atoms with Crippen molar-refractivity contribution in [3.05, 3.63) is 12.2 Å². The molecule has 4 heteroatoms. The van der Waals surface area contributed by atoms with Crippen LogP contribution < -0.4 is 0 Å². The normalized spacial score (nSPS) is 11.6. The van der Waals surface area contributed by atoms with E-state index in [9.17, 15) is 9.59 Å². The summed E-state index contributed by atoms with van der Waals surface area (Å²) in [4.78, 5) is 24.4. The first-order chi connectivity index (χ1) is 9.08. The Kier molecular flexibility index (Phi) is 8.92. The molecule has 0 atom stereocenters. The zero-order chi connectivity index (χ0) is 14.7. The van der Waals surface area contributed by atoms with Gasteiger partial charge in [0.1, 0.15) is 0 Å². The molecule has 0 aliphatic rings. The molecule has 4 nitrogen and oxygen atoms in total. The van der Waals surface area contributed by atoms with Gasteiger partial charge in [-0.15, -0.1) is 0 Å². The SMILES string of the molecule is CC/C=C/C(CCCC)(C(=O)OCC)C(=O)OCC. The molecular weight excluding hydrogens is 244 g/mol. The quantitative estimate of drug-likeness (QED) is 0.366. The molecular formula is C15H26O4. The molecule has 0 amide bonds. The van der Waals surface area contributed by atoms with E-state index in [0.717, 1.165) is 19.3 Å². The van der Waals surface area contributed by atoms with E-state index in [4.69, 9.17) is 9.47 Å². The highest BCUT2D eigenvalue weighted by Gasteiger charge is 2.45. The minimum atomic E-state index is -1.28. The molecule has 0 saturated heterocycles. The van der Waals surface area contributed by atoms with E-state index in [2.05, 4.69) is 0 Å². The maximum Gasteiger partial charge on any atom is 0.327 e. The van der Waals surface area contributed by atoms with Crippen LogP contribution in [0.1, 0.15) is 53.4 Å². The van der Waals surface area contributed by atoms with E-state index in [1.165, 1.54) is 0 Å². The van der Waals surface area contributed by atoms with Gasteiger partial charge in [-0.1, -0.05) is 38.8 Å². The minimum absolute atomic E-state index is 0.256. The summed E-state index contributed by atoms with van der Waals surface area (Å²) in [5, 5.41) is 0. The van der Waals surface area contributed by atoms with Crippen LogP contribution in [0.3, 0.4) is 0 Å². The fourth-order valence-corrected chi connectivity index (χ4v) is 1.80. The number of hydrogen-bond acceptors (Lipinski definition) is 4. The summed E-state index contributed by atoms with van der Waals surface area (Å²) in [6.45, 7) is 7.95. The van der Waals surface area contributed by atoms with Crippen LogP contribution in [0.25, 0.3) is 0 Å². The average Bonchev–Trinajstić information content (AvgIpc) is 2.40. The first-order valence-corrected chi connectivity index (χ1v) is 7.11. The molecule has 0 radical (unpaired) electrons. The third-order valence-electron chi connectivity index (χ3n) is 2.84. The van der Waals surface area contributed by atoms with Gasteiger partial charge < -0.3 is 9.47 Å². The molecule has 0 bridgehead atoms. The number of esters is 2. The highest BCUT2D eigenvalue weighted by atomic mass is 16.6. The molecule has 0 fully saturated rings. The largest absolute Gasteiger partial charge is 0.465 e. The molecule has 0 rings (SSSR count). The Bertz CT molecular complexity index is 289. The van der Waals surface area contributed by atoms with Crippen LogP contribution in [0.2, 0.25) is 0 Å². The molecule has 0 unspecified atom stereocenters. The van der Waals surface area contributed by atoms with Crippen LogP contribution in [0.15, 0.2) is 12.2 Å². The average molecular weight is 270 g/mol. The fraction of sp³-hybridized carbons (Fsp3) is 0.733. The summed E-state index contributed by atoms with van der Waals surface area (Å²) in [6, 6.07) is 0. The zero-order valence-corrected chi connectivity index (χ0v) is 12.5. The van der Waals surface area contributed by atoms with Gasteiger partial charge in [-0.05, 0) is 26.7 Å². The van der Waals surface area contributed by atoms with Crippen molar-refractivity contribution in [2.24, 2.45) is 5.41 Å². The Morgan fingerprint density at radius 3 is 1.89 bits per heavy atom. The lowest BCUT2D eigenvalue weighted by molar-refractivity contribution is -0.168. The number of carbonyl (C=O) groups excluding carboxylic acids is 2. The minimum Gasteiger partial charge on any atom is -0.465 e. The number of carbonyl (C=O) groups is 2. The predicted molar refractivity (Wildman–Crippen MR) is 74.7 cm³/mol. The highest BCUT2D eigenvalue weighted by Crippen LogP contribution is 2.31. The van der Waals surface area contributed by atoms with Crippen molar-refractivity contribution in [1.82, 2.24) is 0 Å². The molecule has 0 aliphatic heterocycles. The number of hydrogen-bond donors (Lipinski definition) is 0. The van der Waals surface area contributed by atoms with Crippen LogP contribution in [-0.4, -0.2) is 25.2 Å². The van der Waals surface area contributed by atoms with E-state index in [0.29, 0.717) is 6.42 Å². The lowest BCUT2D eigenvalue weighted by Gasteiger charge is -2.26. The molecule has 0 spiro atoms. The summed E-state index contributed by atoms with van der Waals surface area (Å²) in [5.74, 6) is -1.02. The van der Waals surface area contributed by atoms with Crippen molar-refractivity contribution in [3.8, 4) is 0 Å². The zero-order valence-electron chi connectivity index (χ0n) is 12.5. The Balaban J connectivity index is 5.35. The van der Waals surface area contributed by atoms with Crippen molar-refractivity contribution < 1.29 is 19.1 Å². The molecule has 0 aliphatic carbocycles. The van der Waals surface area contributed by atoms with Gasteiger partial charge in [0.15, 0.2) is 5.41 Å². The molecule has 19 heavy (non-hydrogen) atoms. The predicted octanol–water partition coefficient (Wildman–Crippen LogP) is 3.26. The number of unbranched alkanes of at least 4 members (excludes halogenated alkanes) is 1. The summed E-state index contributed by atoms with van der Waals surface area (Å²) >= 11 is 0. The van der Waals surface area contributed by atoms with Crippen LogP contribution in [0.4, 0.5) is 0 Å². The van der Waals surface area contributed by atoms with Crippen molar-refractivity contribution >= 4 is 11.9 Å². The van der Waals surface area contributed by atoms with Gasteiger partial charge in [-0.25, -0.2) is 0 Å². The molecule has 0 saturated carbocycles. The van der Waals surface area contributed by atoms with Crippen LogP contribution in [-0.2, 0) is 19.1 Å². The van der Waals surface area contributed by atoms with Crippen LogP contribution >= 0.6 is 0 Å². The van der Waals surface area contributed by atoms with Gasteiger partial charge in [0.05, 0.1) is 13.2 Å². The van der Waals surface area contributed by atoms with Crippen molar-refractivity contribution in [2.75, 3.05) is 13.2 Å². The lowest BCUT2D eigenvalue weighted by atomic mass is 9.82. The van der Waals surface area contributed by atoms with Crippen molar-refractivity contribution in [2.45, 2.75) is 53.4 Å². The number of ether oxygens (including phenoxy) is 2. The second-order valence-corrected chi connectivity index (χ2v) is 4.33. The second kappa shape index (κ2) is 9.59. The first-order valence-electron chi connectivity index (χ1n) is 7.11. The van der Waals surface area contributed by atoms with E-state index in [1.807, 2.05) is 19.9 Å². The van der Waals surface area contributed by atoms with E-state index < -0.39 is 17.4 Å². The first kappa shape index (κ1) is 17.7. The number of rotatable bonds is 9. The summed E-state index contributed by atoms with van der Waals surface area (Å²) in [7, 11) is 0. The summed E-state index contributed by atoms with van der Waals surface area (Å²) < 4.78 is 10.2. The van der Waals surface area contributed by atoms with E-state index >= 15 is 0 Å². The van der Waals surface area contributed by atoms with Gasteiger partial charge >= 0.3 is 11.9 Å². The maximum absolute atomic E-state index is 12.2. The molecule has 0 aromatic heterocycles. The summed E-state index contributed by atoms with van der Waals surface area (Å²) in [5.41, 5.74) is -1.28. The monoisotopic (exact) mass is 270 g/mol. The van der Waals surface area contributed by atoms with Crippen molar-refractivity contribution in [1.29, 1.82) is 0 Å². The van der Waals surface area contributed by atoms with Gasteiger partial charge in [0.2, 0.25) is 0 Å². The van der Waals surface area contributed by atoms with Gasteiger partial charge in [0.25, 0.3) is 0 Å². The summed E-state index contributed by atoms with van der Waals surface area (Å²) in [6.07, 6.45) is 6.33. The molecule has 0 N–H and O–H groups in total. The Labute approximate surface area is 116 Å². The molecule has 0 aromatic carbocycles. The Morgan fingerprint density at radius 1 is 1.00 bits per heavy atom. The Morgan fingerprint density at radius 2 is 1.53 bits per heavy atom. The molecule has 0 aromatic rings. The van der Waals surface area contributed by atoms with Gasteiger partial charge in [-0.3, -0.25) is 9.59 Å². The fourth-order valence-electron chi connectivity index (χ4n) is 1.80. The third-order valence-corrected chi connectivity index (χ3v) is 2.84. The smallest absolute Gasteiger partial charge is 0.327 e. The standard InChI is InChI=1S/C15H26O4/c1-5-9-11-15(12-10-6-2,13(16)18-7-3)14(17)19-8-4/h9,11H,5-8,10,12H2,1-4H3/b11-9+. The molecule has 0 heterocycles. The third kappa shape index (κ3) is 5.05. The van der Waals surface area contributed by atoms with Crippen LogP contribution in [0, 0.1) is 5.41 Å². The topological polar surface area (TPSA) is 52.6 Å². The van der Waals surface area contributed by atoms with Crippen molar-refractivity contribution in [3.63, 3.8) is 0 Å². The van der Waals surface area contributed by atoms with Gasteiger partial charge in [0, 0.05) is 0 Å². The van der Waals surface area contributed by atoms with E-state index in [-0.39, 0.29) is 13.2 Å².